The molecule has 1 atom stereocenters. The van der Waals surface area contributed by atoms with Crippen molar-refractivity contribution in [3.05, 3.63) is 52.5 Å². The van der Waals surface area contributed by atoms with Gasteiger partial charge in [0.05, 0.1) is 35.0 Å². The lowest BCUT2D eigenvalue weighted by Gasteiger charge is -2.23. The minimum absolute atomic E-state index is 0.0393. The topological polar surface area (TPSA) is 51.7 Å². The van der Waals surface area contributed by atoms with Crippen molar-refractivity contribution >= 4 is 48.5 Å². The molecule has 2 heterocycles. The zero-order valence-electron chi connectivity index (χ0n) is 15.6. The van der Waals surface area contributed by atoms with Gasteiger partial charge in [-0.05, 0) is 66.0 Å². The molecule has 3 aromatic rings. The van der Waals surface area contributed by atoms with Gasteiger partial charge in [-0.25, -0.2) is 4.98 Å². The summed E-state index contributed by atoms with van der Waals surface area (Å²) in [5, 5.41) is 0.680. The van der Waals surface area contributed by atoms with Gasteiger partial charge in [0, 0.05) is 11.1 Å². The van der Waals surface area contributed by atoms with E-state index in [1.807, 2.05) is 49.4 Å². The van der Waals surface area contributed by atoms with Crippen LogP contribution in [-0.2, 0) is 4.74 Å². The van der Waals surface area contributed by atoms with Gasteiger partial charge in [0.25, 0.3) is 5.91 Å². The Labute approximate surface area is 176 Å². The highest BCUT2D eigenvalue weighted by molar-refractivity contribution is 9.10. The molecule has 5 nitrogen and oxygen atoms in total. The third kappa shape index (κ3) is 4.06. The average molecular weight is 461 g/mol. The van der Waals surface area contributed by atoms with Crippen molar-refractivity contribution in [2.24, 2.45) is 0 Å². The van der Waals surface area contributed by atoms with Gasteiger partial charge >= 0.3 is 0 Å². The zero-order chi connectivity index (χ0) is 19.5. The maximum Gasteiger partial charge on any atom is 0.261 e. The first-order valence-electron chi connectivity index (χ1n) is 9.37. The van der Waals surface area contributed by atoms with Crippen molar-refractivity contribution < 1.29 is 14.3 Å². The Balaban J connectivity index is 1.71. The van der Waals surface area contributed by atoms with E-state index >= 15 is 0 Å². The second kappa shape index (κ2) is 8.59. The second-order valence-corrected chi connectivity index (χ2v) is 8.45. The number of aromatic nitrogens is 1. The molecule has 4 rings (SSSR count). The lowest BCUT2D eigenvalue weighted by Crippen LogP contribution is -2.37. The monoisotopic (exact) mass is 460 g/mol. The fourth-order valence-electron chi connectivity index (χ4n) is 3.28. The molecule has 7 heteroatoms. The molecular weight excluding hydrogens is 440 g/mol. The van der Waals surface area contributed by atoms with Crippen molar-refractivity contribution in [1.29, 1.82) is 0 Å². The summed E-state index contributed by atoms with van der Waals surface area (Å²) in [6.45, 7) is 3.82. The molecule has 1 unspecified atom stereocenters. The minimum Gasteiger partial charge on any atom is -0.494 e. The number of ether oxygens (including phenoxy) is 2. The molecule has 0 saturated carbocycles. The molecule has 1 fully saturated rings. The third-order valence-electron chi connectivity index (χ3n) is 4.65. The van der Waals surface area contributed by atoms with E-state index in [2.05, 4.69) is 15.9 Å². The first kappa shape index (κ1) is 19.4. The van der Waals surface area contributed by atoms with Crippen LogP contribution in [-0.4, -0.2) is 36.8 Å². The van der Waals surface area contributed by atoms with Crippen molar-refractivity contribution in [3.63, 3.8) is 0 Å². The van der Waals surface area contributed by atoms with Crippen LogP contribution >= 0.6 is 27.3 Å². The number of carbonyl (C=O) groups is 1. The van der Waals surface area contributed by atoms with E-state index in [4.69, 9.17) is 14.5 Å². The highest BCUT2D eigenvalue weighted by Gasteiger charge is 2.28. The zero-order valence-corrected chi connectivity index (χ0v) is 18.0. The highest BCUT2D eigenvalue weighted by atomic mass is 79.9. The Morgan fingerprint density at radius 1 is 1.36 bits per heavy atom. The molecule has 1 aliphatic heterocycles. The van der Waals surface area contributed by atoms with E-state index in [-0.39, 0.29) is 12.0 Å². The first-order chi connectivity index (χ1) is 13.7. The molecule has 2 aromatic carbocycles. The molecule has 1 aromatic heterocycles. The van der Waals surface area contributed by atoms with Crippen LogP contribution in [0.2, 0.25) is 0 Å². The minimum atomic E-state index is -0.0768. The van der Waals surface area contributed by atoms with Crippen molar-refractivity contribution in [1.82, 2.24) is 4.98 Å². The fourth-order valence-corrected chi connectivity index (χ4v) is 4.74. The largest absolute Gasteiger partial charge is 0.494 e. The number of hydrogen-bond acceptors (Lipinski definition) is 5. The van der Waals surface area contributed by atoms with Crippen molar-refractivity contribution in [2.75, 3.05) is 24.7 Å². The van der Waals surface area contributed by atoms with Crippen LogP contribution < -0.4 is 9.64 Å². The summed E-state index contributed by atoms with van der Waals surface area (Å²) in [6, 6.07) is 13.3. The summed E-state index contributed by atoms with van der Waals surface area (Å²) in [5.74, 6) is 0.736. The highest BCUT2D eigenvalue weighted by Crippen LogP contribution is 2.33. The van der Waals surface area contributed by atoms with Gasteiger partial charge < -0.3 is 9.47 Å². The number of benzene rings is 2. The summed E-state index contributed by atoms with van der Waals surface area (Å²) in [5.41, 5.74) is 1.48. The van der Waals surface area contributed by atoms with Crippen LogP contribution in [0.4, 0.5) is 5.13 Å². The van der Waals surface area contributed by atoms with Gasteiger partial charge in [0.2, 0.25) is 0 Å². The Kier molecular flexibility index (Phi) is 5.94. The van der Waals surface area contributed by atoms with Crippen LogP contribution in [0.5, 0.6) is 5.75 Å². The Morgan fingerprint density at radius 2 is 2.21 bits per heavy atom. The number of hydrogen-bond donors (Lipinski definition) is 0. The number of amides is 1. The molecule has 1 amide bonds. The summed E-state index contributed by atoms with van der Waals surface area (Å²) >= 11 is 5.00. The van der Waals surface area contributed by atoms with E-state index in [0.717, 1.165) is 39.9 Å². The SMILES string of the molecule is CCOc1ccc2nc(N(CC3CCCO3)C(=O)c3ccccc3Br)sc2c1. The predicted molar refractivity (Wildman–Crippen MR) is 116 cm³/mol. The van der Waals surface area contributed by atoms with E-state index in [1.54, 1.807) is 4.90 Å². The smallest absolute Gasteiger partial charge is 0.261 e. The number of carbonyl (C=O) groups excluding carboxylic acids is 1. The van der Waals surface area contributed by atoms with Gasteiger partial charge in [-0.1, -0.05) is 23.5 Å². The molecule has 1 saturated heterocycles. The standard InChI is InChI=1S/C21H21BrN2O3S/c1-2-26-14-9-10-18-19(12-14)28-21(23-18)24(13-15-6-5-11-27-15)20(25)16-7-3-4-8-17(16)22/h3-4,7-10,12,15H,2,5-6,11,13H2,1H3. The number of anilines is 1. The maximum absolute atomic E-state index is 13.4. The Hall–Kier alpha value is -1.96. The molecule has 0 spiro atoms. The van der Waals surface area contributed by atoms with Crippen molar-refractivity contribution in [2.45, 2.75) is 25.9 Å². The van der Waals surface area contributed by atoms with Gasteiger partial charge in [0.15, 0.2) is 5.13 Å². The third-order valence-corrected chi connectivity index (χ3v) is 6.38. The van der Waals surface area contributed by atoms with E-state index < -0.39 is 0 Å². The maximum atomic E-state index is 13.4. The summed E-state index contributed by atoms with van der Waals surface area (Å²) in [7, 11) is 0. The van der Waals surface area contributed by atoms with E-state index in [0.29, 0.717) is 23.8 Å². The van der Waals surface area contributed by atoms with Gasteiger partial charge in [-0.15, -0.1) is 0 Å². The number of rotatable bonds is 6. The number of thiazole rings is 1. The molecule has 1 aliphatic rings. The van der Waals surface area contributed by atoms with Crippen LogP contribution in [0, 0.1) is 0 Å². The first-order valence-corrected chi connectivity index (χ1v) is 11.0. The average Bonchev–Trinajstić information content (AvgIpc) is 3.35. The molecule has 0 aliphatic carbocycles. The number of nitrogens with zero attached hydrogens (tertiary/aromatic N) is 2. The van der Waals surface area contributed by atoms with E-state index in [1.165, 1.54) is 11.3 Å². The lowest BCUT2D eigenvalue weighted by molar-refractivity contribution is 0.0917. The predicted octanol–water partition coefficient (Wildman–Crippen LogP) is 5.28. The summed E-state index contributed by atoms with van der Waals surface area (Å²) < 4.78 is 13.2. The molecular formula is C21H21BrN2O3S. The van der Waals surface area contributed by atoms with Gasteiger partial charge in [0.1, 0.15) is 5.75 Å². The molecule has 28 heavy (non-hydrogen) atoms. The van der Waals surface area contributed by atoms with Gasteiger partial charge in [-0.2, -0.15) is 0 Å². The molecule has 0 bridgehead atoms. The number of fused-ring (bicyclic) bond motifs is 1. The second-order valence-electron chi connectivity index (χ2n) is 6.59. The van der Waals surface area contributed by atoms with Crippen LogP contribution in [0.25, 0.3) is 10.2 Å². The van der Waals surface area contributed by atoms with E-state index in [9.17, 15) is 4.79 Å². The number of halogens is 1. The van der Waals surface area contributed by atoms with Crippen molar-refractivity contribution in [3.8, 4) is 5.75 Å². The molecule has 146 valence electrons. The quantitative estimate of drug-likeness (QED) is 0.501. The normalized spacial score (nSPS) is 16.4. The van der Waals surface area contributed by atoms with Crippen LogP contribution in [0.15, 0.2) is 46.9 Å². The van der Waals surface area contributed by atoms with Crippen LogP contribution in [0.1, 0.15) is 30.1 Å². The Bertz CT molecular complexity index is 985. The molecule has 0 N–H and O–H groups in total. The molecule has 0 radical (unpaired) electrons. The van der Waals surface area contributed by atoms with Crippen LogP contribution in [0.3, 0.4) is 0 Å². The van der Waals surface area contributed by atoms with Gasteiger partial charge in [-0.3, -0.25) is 9.69 Å². The summed E-state index contributed by atoms with van der Waals surface area (Å²) in [6.07, 6.45) is 2.02. The fraction of sp³-hybridized carbons (Fsp3) is 0.333. The Morgan fingerprint density at radius 3 is 2.96 bits per heavy atom. The lowest BCUT2D eigenvalue weighted by atomic mass is 10.2. The summed E-state index contributed by atoms with van der Waals surface area (Å²) in [4.78, 5) is 19.9.